The average Bonchev–Trinajstić information content (AvgIpc) is 2.91. The minimum atomic E-state index is -0.858. The lowest BCUT2D eigenvalue weighted by molar-refractivity contribution is -0.121. The van der Waals surface area contributed by atoms with Crippen molar-refractivity contribution in [3.05, 3.63) is 77.9 Å². The van der Waals surface area contributed by atoms with E-state index in [2.05, 4.69) is 0 Å². The Morgan fingerprint density at radius 1 is 0.583 bits per heavy atom. The summed E-state index contributed by atoms with van der Waals surface area (Å²) in [6.07, 6.45) is 1.41. The summed E-state index contributed by atoms with van der Waals surface area (Å²) in [5.74, 6) is -0.104. The van der Waals surface area contributed by atoms with Crippen molar-refractivity contribution < 1.29 is 33.3 Å². The van der Waals surface area contributed by atoms with Crippen molar-refractivity contribution in [2.24, 2.45) is 0 Å². The van der Waals surface area contributed by atoms with Crippen LogP contribution in [0.3, 0.4) is 0 Å². The van der Waals surface area contributed by atoms with E-state index in [-0.39, 0.29) is 16.9 Å². The van der Waals surface area contributed by atoms with Gasteiger partial charge in [0.05, 0.1) is 39.8 Å². The number of hydrogen-bond acceptors (Lipinski definition) is 7. The molecule has 0 radical (unpaired) electrons. The fourth-order valence-electron chi connectivity index (χ4n) is 3.89. The van der Waals surface area contributed by atoms with Crippen LogP contribution in [0, 0.1) is 0 Å². The first kappa shape index (κ1) is 24.3. The highest BCUT2D eigenvalue weighted by Gasteiger charge is 2.45. The fourth-order valence-corrected chi connectivity index (χ4v) is 3.89. The predicted molar refractivity (Wildman–Crippen MR) is 134 cm³/mol. The highest BCUT2D eigenvalue weighted by atomic mass is 16.5. The van der Waals surface area contributed by atoms with Crippen LogP contribution in [0.5, 0.6) is 23.0 Å². The molecule has 9 nitrogen and oxygen atoms in total. The predicted octanol–water partition coefficient (Wildman–Crippen LogP) is 4.30. The van der Waals surface area contributed by atoms with Crippen LogP contribution in [0.4, 0.5) is 16.2 Å². The summed E-state index contributed by atoms with van der Waals surface area (Å²) in [5, 5.41) is 0. The highest BCUT2D eigenvalue weighted by molar-refractivity contribution is 6.46. The molecule has 0 N–H and O–H groups in total. The Morgan fingerprint density at radius 3 is 1.53 bits per heavy atom. The number of methoxy groups -OCH3 is 4. The summed E-state index contributed by atoms with van der Waals surface area (Å²) in [4.78, 5) is 42.9. The maximum absolute atomic E-state index is 13.7. The summed E-state index contributed by atoms with van der Waals surface area (Å²) < 4.78 is 21.4. The van der Waals surface area contributed by atoms with Gasteiger partial charge in [-0.3, -0.25) is 9.59 Å². The fraction of sp³-hybridized carbons (Fsp3) is 0.148. The number of rotatable bonds is 7. The van der Waals surface area contributed by atoms with E-state index >= 15 is 0 Å². The molecule has 0 unspecified atom stereocenters. The first-order valence-corrected chi connectivity index (χ1v) is 10.9. The van der Waals surface area contributed by atoms with Gasteiger partial charge in [0.2, 0.25) is 0 Å². The topological polar surface area (TPSA) is 94.6 Å². The largest absolute Gasteiger partial charge is 0.495 e. The standard InChI is InChI=1S/C27H24N2O7/c1-33-21-11-7-5-9-19(21)28-25(30)18(15-17-13-14-23(35-3)24(16-17)36-4)26(31)29(27(28)32)20-10-6-8-12-22(20)34-2/h5-16H,1-4H3. The van der Waals surface area contributed by atoms with Crippen LogP contribution in [-0.2, 0) is 9.59 Å². The maximum Gasteiger partial charge on any atom is 0.343 e. The van der Waals surface area contributed by atoms with Crippen molar-refractivity contribution in [1.29, 1.82) is 0 Å². The van der Waals surface area contributed by atoms with Gasteiger partial charge in [-0.15, -0.1) is 0 Å². The molecule has 4 rings (SSSR count). The van der Waals surface area contributed by atoms with Gasteiger partial charge in [0, 0.05) is 0 Å². The third kappa shape index (κ3) is 4.22. The molecule has 4 amide bonds. The van der Waals surface area contributed by atoms with E-state index in [1.165, 1.54) is 34.5 Å². The Labute approximate surface area is 208 Å². The molecule has 0 atom stereocenters. The molecule has 0 spiro atoms. The van der Waals surface area contributed by atoms with E-state index in [1.54, 1.807) is 66.7 Å². The second-order valence-corrected chi connectivity index (χ2v) is 7.58. The van der Waals surface area contributed by atoms with Gasteiger partial charge in [-0.05, 0) is 48.0 Å². The molecule has 1 aliphatic heterocycles. The van der Waals surface area contributed by atoms with Gasteiger partial charge in [-0.25, -0.2) is 14.6 Å². The Morgan fingerprint density at radius 2 is 1.06 bits per heavy atom. The lowest BCUT2D eigenvalue weighted by Crippen LogP contribution is -2.57. The Bertz CT molecular complexity index is 1290. The molecule has 3 aromatic rings. The van der Waals surface area contributed by atoms with Crippen LogP contribution in [0.15, 0.2) is 72.3 Å². The number of nitrogens with zero attached hydrogens (tertiary/aromatic N) is 2. The summed E-state index contributed by atoms with van der Waals surface area (Å²) in [7, 11) is 5.85. The molecular formula is C27H24N2O7. The van der Waals surface area contributed by atoms with Crippen molar-refractivity contribution in [3.63, 3.8) is 0 Å². The lowest BCUT2D eigenvalue weighted by Gasteiger charge is -2.34. The van der Waals surface area contributed by atoms with E-state index in [0.717, 1.165) is 9.80 Å². The molecule has 36 heavy (non-hydrogen) atoms. The van der Waals surface area contributed by atoms with Crippen LogP contribution in [-0.4, -0.2) is 46.3 Å². The van der Waals surface area contributed by atoms with Gasteiger partial charge < -0.3 is 18.9 Å². The normalized spacial score (nSPS) is 13.6. The number of barbiturate groups is 1. The molecular weight excluding hydrogens is 464 g/mol. The zero-order valence-corrected chi connectivity index (χ0v) is 20.2. The van der Waals surface area contributed by atoms with Crippen molar-refractivity contribution in [2.45, 2.75) is 0 Å². The number of carbonyl (C=O) groups excluding carboxylic acids is 3. The molecule has 0 aliphatic carbocycles. The van der Waals surface area contributed by atoms with E-state index < -0.39 is 17.8 Å². The summed E-state index contributed by atoms with van der Waals surface area (Å²) in [5.41, 5.74) is 0.651. The lowest BCUT2D eigenvalue weighted by atomic mass is 10.0. The number of urea groups is 1. The number of hydrogen-bond donors (Lipinski definition) is 0. The maximum atomic E-state index is 13.7. The first-order valence-electron chi connectivity index (χ1n) is 10.9. The molecule has 184 valence electrons. The molecule has 1 heterocycles. The molecule has 1 aliphatic rings. The van der Waals surface area contributed by atoms with Crippen LogP contribution in [0.1, 0.15) is 5.56 Å². The SMILES string of the molecule is COc1ccc(C=C2C(=O)N(c3ccccc3OC)C(=O)N(c3ccccc3OC)C2=O)cc1OC. The van der Waals surface area contributed by atoms with Gasteiger partial charge >= 0.3 is 6.03 Å². The Balaban J connectivity index is 1.92. The molecule has 3 aromatic carbocycles. The zero-order chi connectivity index (χ0) is 25.8. The van der Waals surface area contributed by atoms with Gasteiger partial charge in [0.25, 0.3) is 11.8 Å². The average molecular weight is 488 g/mol. The highest BCUT2D eigenvalue weighted by Crippen LogP contribution is 2.38. The number of carbonyl (C=O) groups is 3. The van der Waals surface area contributed by atoms with Crippen LogP contribution < -0.4 is 28.7 Å². The third-order valence-corrected chi connectivity index (χ3v) is 5.62. The van der Waals surface area contributed by atoms with E-state index in [4.69, 9.17) is 18.9 Å². The van der Waals surface area contributed by atoms with Gasteiger partial charge in [0.15, 0.2) is 11.5 Å². The van der Waals surface area contributed by atoms with Gasteiger partial charge in [0.1, 0.15) is 17.1 Å². The van der Waals surface area contributed by atoms with Crippen molar-refractivity contribution in [1.82, 2.24) is 0 Å². The molecule has 9 heteroatoms. The summed E-state index contributed by atoms with van der Waals surface area (Å²) in [6, 6.07) is 17.2. The summed E-state index contributed by atoms with van der Waals surface area (Å²) >= 11 is 0. The first-order chi connectivity index (χ1) is 17.4. The molecule has 0 saturated carbocycles. The number of benzene rings is 3. The molecule has 0 aromatic heterocycles. The van der Waals surface area contributed by atoms with Gasteiger partial charge in [-0.2, -0.15) is 0 Å². The van der Waals surface area contributed by atoms with Crippen molar-refractivity contribution >= 4 is 35.3 Å². The minimum absolute atomic E-state index is 0.195. The molecule has 1 fully saturated rings. The quantitative estimate of drug-likeness (QED) is 0.361. The van der Waals surface area contributed by atoms with E-state index in [1.807, 2.05) is 0 Å². The second-order valence-electron chi connectivity index (χ2n) is 7.58. The Kier molecular flexibility index (Phi) is 6.91. The smallest absolute Gasteiger partial charge is 0.343 e. The summed E-state index contributed by atoms with van der Waals surface area (Å²) in [6.45, 7) is 0. The number of anilines is 2. The number of amides is 4. The molecule has 1 saturated heterocycles. The molecule has 0 bridgehead atoms. The van der Waals surface area contributed by atoms with Crippen LogP contribution in [0.25, 0.3) is 6.08 Å². The van der Waals surface area contributed by atoms with Crippen LogP contribution >= 0.6 is 0 Å². The van der Waals surface area contributed by atoms with Crippen molar-refractivity contribution in [2.75, 3.05) is 38.2 Å². The van der Waals surface area contributed by atoms with Crippen LogP contribution in [0.2, 0.25) is 0 Å². The Hall–Kier alpha value is -4.79. The zero-order valence-electron chi connectivity index (χ0n) is 20.2. The van der Waals surface area contributed by atoms with Crippen molar-refractivity contribution in [3.8, 4) is 23.0 Å². The minimum Gasteiger partial charge on any atom is -0.495 e. The monoisotopic (exact) mass is 488 g/mol. The van der Waals surface area contributed by atoms with E-state index in [9.17, 15) is 14.4 Å². The second kappa shape index (κ2) is 10.2. The van der Waals surface area contributed by atoms with Gasteiger partial charge in [-0.1, -0.05) is 30.3 Å². The number of imide groups is 2. The number of ether oxygens (including phenoxy) is 4. The van der Waals surface area contributed by atoms with E-state index in [0.29, 0.717) is 28.6 Å². The third-order valence-electron chi connectivity index (χ3n) is 5.62. The number of para-hydroxylation sites is 4.